The Balaban J connectivity index is 1.42. The molecular formula is C28H28F2N2O3S. The summed E-state index contributed by atoms with van der Waals surface area (Å²) < 4.78 is 62.2. The van der Waals surface area contributed by atoms with Crippen LogP contribution in [0.3, 0.4) is 0 Å². The Hall–Kier alpha value is -3.23. The van der Waals surface area contributed by atoms with Gasteiger partial charge in [-0.05, 0) is 73.2 Å². The molecule has 4 aromatic rings. The fourth-order valence-corrected chi connectivity index (χ4v) is 6.78. The van der Waals surface area contributed by atoms with Crippen molar-refractivity contribution in [2.24, 2.45) is 0 Å². The van der Waals surface area contributed by atoms with E-state index in [1.165, 1.54) is 20.9 Å². The fourth-order valence-electron chi connectivity index (χ4n) is 5.30. The van der Waals surface area contributed by atoms with Gasteiger partial charge in [-0.2, -0.15) is 4.31 Å². The van der Waals surface area contributed by atoms with Gasteiger partial charge in [0.1, 0.15) is 5.75 Å². The molecule has 3 aromatic carbocycles. The van der Waals surface area contributed by atoms with Crippen molar-refractivity contribution in [2.75, 3.05) is 20.2 Å². The van der Waals surface area contributed by atoms with Crippen molar-refractivity contribution in [2.45, 2.75) is 37.1 Å². The number of rotatable bonds is 6. The number of fused-ring (bicyclic) bond motifs is 1. The van der Waals surface area contributed by atoms with Crippen LogP contribution < -0.4 is 4.74 Å². The van der Waals surface area contributed by atoms with E-state index in [1.807, 2.05) is 30.3 Å². The van der Waals surface area contributed by atoms with Crippen LogP contribution in [0.5, 0.6) is 5.75 Å². The highest BCUT2D eigenvalue weighted by molar-refractivity contribution is 7.89. The highest BCUT2D eigenvalue weighted by atomic mass is 32.2. The molecule has 5 rings (SSSR count). The van der Waals surface area contributed by atoms with Crippen molar-refractivity contribution in [1.82, 2.24) is 8.87 Å². The largest absolute Gasteiger partial charge is 0.497 e. The minimum absolute atomic E-state index is 0.192. The number of methoxy groups -OCH3 is 1. The molecule has 0 bridgehead atoms. The Labute approximate surface area is 210 Å². The molecule has 1 fully saturated rings. The number of ether oxygens (including phenoxy) is 1. The smallest absolute Gasteiger partial charge is 0.243 e. The average Bonchev–Trinajstić information content (AvgIpc) is 3.16. The molecule has 0 radical (unpaired) electrons. The fraction of sp³-hybridized carbons (Fsp3) is 0.286. The maximum Gasteiger partial charge on any atom is 0.243 e. The van der Waals surface area contributed by atoms with Crippen LogP contribution in [-0.4, -0.2) is 37.5 Å². The van der Waals surface area contributed by atoms with Gasteiger partial charge in [0.15, 0.2) is 11.6 Å². The third kappa shape index (κ3) is 4.40. The lowest BCUT2D eigenvalue weighted by atomic mass is 9.88. The molecule has 8 heteroatoms. The first kappa shape index (κ1) is 24.5. The predicted octanol–water partition coefficient (Wildman–Crippen LogP) is 5.85. The highest BCUT2D eigenvalue weighted by Gasteiger charge is 2.32. The summed E-state index contributed by atoms with van der Waals surface area (Å²) in [5.74, 6) is -1.21. The number of hydrogen-bond donors (Lipinski definition) is 0. The molecule has 0 amide bonds. The molecule has 2 heterocycles. The van der Waals surface area contributed by atoms with E-state index in [1.54, 1.807) is 7.11 Å². The van der Waals surface area contributed by atoms with Gasteiger partial charge in [0, 0.05) is 36.2 Å². The number of halogens is 2. The third-order valence-corrected chi connectivity index (χ3v) is 9.04. The Kier molecular flexibility index (Phi) is 6.57. The summed E-state index contributed by atoms with van der Waals surface area (Å²) in [5.41, 5.74) is 4.70. The van der Waals surface area contributed by atoms with Gasteiger partial charge in [-0.3, -0.25) is 0 Å². The lowest BCUT2D eigenvalue weighted by Crippen LogP contribution is -2.38. The molecule has 1 aliphatic rings. The van der Waals surface area contributed by atoms with Gasteiger partial charge in [-0.1, -0.05) is 30.3 Å². The van der Waals surface area contributed by atoms with Gasteiger partial charge >= 0.3 is 0 Å². The van der Waals surface area contributed by atoms with E-state index in [0.717, 1.165) is 35.0 Å². The molecule has 5 nitrogen and oxygen atoms in total. The molecule has 1 saturated heterocycles. The number of benzene rings is 3. The normalized spacial score (nSPS) is 15.4. The first-order valence-electron chi connectivity index (χ1n) is 12.0. The summed E-state index contributed by atoms with van der Waals surface area (Å²) in [4.78, 5) is -0.217. The Morgan fingerprint density at radius 1 is 0.944 bits per heavy atom. The Morgan fingerprint density at radius 3 is 2.42 bits per heavy atom. The Bertz CT molecular complexity index is 1520. The summed E-state index contributed by atoms with van der Waals surface area (Å²) in [6.07, 6.45) is 1.30. The van der Waals surface area contributed by atoms with Crippen molar-refractivity contribution in [1.29, 1.82) is 0 Å². The lowest BCUT2D eigenvalue weighted by molar-refractivity contribution is 0.319. The number of aromatic nitrogens is 1. The van der Waals surface area contributed by atoms with Crippen LogP contribution in [0.1, 0.15) is 35.6 Å². The van der Waals surface area contributed by atoms with Crippen LogP contribution in [0.4, 0.5) is 8.78 Å². The molecule has 1 aromatic heterocycles. The van der Waals surface area contributed by atoms with Crippen LogP contribution >= 0.6 is 0 Å². The molecule has 0 atom stereocenters. The summed E-state index contributed by atoms with van der Waals surface area (Å²) in [5, 5.41) is 1.18. The van der Waals surface area contributed by atoms with Gasteiger partial charge in [-0.25, -0.2) is 17.2 Å². The van der Waals surface area contributed by atoms with Gasteiger partial charge in [0.2, 0.25) is 10.0 Å². The second-order valence-corrected chi connectivity index (χ2v) is 11.1. The van der Waals surface area contributed by atoms with Crippen LogP contribution in [0, 0.1) is 18.6 Å². The topological polar surface area (TPSA) is 51.5 Å². The van der Waals surface area contributed by atoms with E-state index in [2.05, 4.69) is 29.7 Å². The third-order valence-electron chi connectivity index (χ3n) is 7.15. The molecule has 0 saturated carbocycles. The summed E-state index contributed by atoms with van der Waals surface area (Å²) in [7, 11) is -2.23. The Morgan fingerprint density at radius 2 is 1.69 bits per heavy atom. The number of sulfonamides is 1. The van der Waals surface area contributed by atoms with Crippen molar-refractivity contribution in [3.05, 3.63) is 95.2 Å². The molecule has 0 spiro atoms. The van der Waals surface area contributed by atoms with E-state index in [4.69, 9.17) is 4.74 Å². The quantitative estimate of drug-likeness (QED) is 0.327. The second kappa shape index (κ2) is 9.67. The monoisotopic (exact) mass is 510 g/mol. The van der Waals surface area contributed by atoms with Crippen molar-refractivity contribution < 1.29 is 21.9 Å². The van der Waals surface area contributed by atoms with E-state index in [-0.39, 0.29) is 10.8 Å². The number of nitrogens with zero attached hydrogens (tertiary/aromatic N) is 2. The van der Waals surface area contributed by atoms with Crippen LogP contribution in [0.25, 0.3) is 10.9 Å². The molecule has 1 aliphatic heterocycles. The SMILES string of the molecule is COc1cccc(Cn2c(C)c(C3CCN(S(=O)(=O)c4ccc(F)c(F)c4)CC3)c3ccccc32)c1. The molecule has 188 valence electrons. The molecule has 36 heavy (non-hydrogen) atoms. The predicted molar refractivity (Wildman–Crippen MR) is 136 cm³/mol. The van der Waals surface area contributed by atoms with Gasteiger partial charge in [0.05, 0.1) is 12.0 Å². The van der Waals surface area contributed by atoms with E-state index in [9.17, 15) is 17.2 Å². The zero-order chi connectivity index (χ0) is 25.4. The van der Waals surface area contributed by atoms with Gasteiger partial charge < -0.3 is 9.30 Å². The van der Waals surface area contributed by atoms with Gasteiger partial charge in [0.25, 0.3) is 0 Å². The van der Waals surface area contributed by atoms with E-state index >= 15 is 0 Å². The van der Waals surface area contributed by atoms with Crippen LogP contribution in [0.15, 0.2) is 71.6 Å². The zero-order valence-electron chi connectivity index (χ0n) is 20.2. The molecule has 0 unspecified atom stereocenters. The minimum atomic E-state index is -3.89. The average molecular weight is 511 g/mol. The van der Waals surface area contributed by atoms with Crippen LogP contribution in [-0.2, 0) is 16.6 Å². The lowest BCUT2D eigenvalue weighted by Gasteiger charge is -2.31. The standard InChI is InChI=1S/C28H28F2N2O3S/c1-19-28(21-12-14-31(15-13-21)36(33,34)23-10-11-25(29)26(30)17-23)24-8-3-4-9-27(24)32(19)18-20-6-5-7-22(16-20)35-2/h3-11,16-17,21H,12-15,18H2,1-2H3. The summed E-state index contributed by atoms with van der Waals surface area (Å²) in [6, 6.07) is 19.1. The molecular weight excluding hydrogens is 482 g/mol. The summed E-state index contributed by atoms with van der Waals surface area (Å²) in [6.45, 7) is 3.47. The van der Waals surface area contributed by atoms with Crippen molar-refractivity contribution >= 4 is 20.9 Å². The number of hydrogen-bond acceptors (Lipinski definition) is 3. The zero-order valence-corrected chi connectivity index (χ0v) is 21.1. The first-order valence-corrected chi connectivity index (χ1v) is 13.4. The maximum atomic E-state index is 13.7. The van der Waals surface area contributed by atoms with Crippen LogP contribution in [0.2, 0.25) is 0 Å². The molecule has 0 aliphatic carbocycles. The maximum absolute atomic E-state index is 13.7. The second-order valence-electron chi connectivity index (χ2n) is 9.21. The van der Waals surface area contributed by atoms with Crippen molar-refractivity contribution in [3.63, 3.8) is 0 Å². The molecule has 0 N–H and O–H groups in total. The van der Waals surface area contributed by atoms with E-state index in [0.29, 0.717) is 32.5 Å². The first-order chi connectivity index (χ1) is 17.3. The van der Waals surface area contributed by atoms with Crippen molar-refractivity contribution in [3.8, 4) is 5.75 Å². The van der Waals surface area contributed by atoms with E-state index < -0.39 is 21.7 Å². The minimum Gasteiger partial charge on any atom is -0.497 e. The highest BCUT2D eigenvalue weighted by Crippen LogP contribution is 2.39. The number of para-hydroxylation sites is 1. The van der Waals surface area contributed by atoms with Gasteiger partial charge in [-0.15, -0.1) is 0 Å². The number of piperidine rings is 1. The summed E-state index contributed by atoms with van der Waals surface area (Å²) >= 11 is 0.